The Kier molecular flexibility index (Phi) is 6.93. The lowest BCUT2D eigenvalue weighted by molar-refractivity contribution is 0.00622. The van der Waals surface area contributed by atoms with Gasteiger partial charge in [0.2, 0.25) is 0 Å². The van der Waals surface area contributed by atoms with Crippen LogP contribution in [0.1, 0.15) is 96.2 Å². The van der Waals surface area contributed by atoms with Crippen molar-refractivity contribution in [2.45, 2.75) is 96.2 Å². The van der Waals surface area contributed by atoms with Crippen molar-refractivity contribution in [1.29, 1.82) is 5.26 Å². The zero-order valence-corrected chi connectivity index (χ0v) is 29.0. The number of aromatic amines is 2. The Morgan fingerprint density at radius 3 is 2.50 bits per heavy atom. The van der Waals surface area contributed by atoms with Gasteiger partial charge in [-0.15, -0.1) is 0 Å². The smallest absolute Gasteiger partial charge is 0.411 e. The Balaban J connectivity index is 0.976. The highest BCUT2D eigenvalue weighted by atomic mass is 16.6. The average molecular weight is 667 g/mol. The number of aromatic nitrogens is 4. The second-order valence-electron chi connectivity index (χ2n) is 16.1. The van der Waals surface area contributed by atoms with Gasteiger partial charge in [-0.25, -0.2) is 14.8 Å². The van der Waals surface area contributed by atoms with Gasteiger partial charge in [0.1, 0.15) is 28.4 Å². The van der Waals surface area contributed by atoms with Crippen molar-refractivity contribution >= 4 is 39.1 Å². The first kappa shape index (κ1) is 30.9. The molecule has 3 fully saturated rings. The van der Waals surface area contributed by atoms with Crippen LogP contribution < -0.4 is 0 Å². The molecular formula is C41H42N6O3. The van der Waals surface area contributed by atoms with E-state index in [0.29, 0.717) is 12.3 Å². The molecule has 3 aliphatic rings. The Morgan fingerprint density at radius 1 is 1.04 bits per heavy atom. The molecule has 3 aromatic carbocycles. The lowest BCUT2D eigenvalue weighted by Gasteiger charge is -2.35. The van der Waals surface area contributed by atoms with Gasteiger partial charge in [0, 0.05) is 34.7 Å². The van der Waals surface area contributed by atoms with E-state index in [1.54, 1.807) is 0 Å². The predicted octanol–water partition coefficient (Wildman–Crippen LogP) is 10.2. The van der Waals surface area contributed by atoms with Gasteiger partial charge in [-0.3, -0.25) is 4.90 Å². The first-order valence-corrected chi connectivity index (χ1v) is 18.0. The molecule has 4 heterocycles. The highest BCUT2D eigenvalue weighted by Crippen LogP contribution is 2.54. The van der Waals surface area contributed by atoms with E-state index in [2.05, 4.69) is 77.6 Å². The summed E-state index contributed by atoms with van der Waals surface area (Å²) in [6, 6.07) is 21.5. The number of H-pyrrole nitrogens is 2. The topological polar surface area (TPSA) is 124 Å². The minimum absolute atomic E-state index is 0.0998. The molecule has 4 atom stereocenters. The Hall–Kier alpha value is -5.10. The summed E-state index contributed by atoms with van der Waals surface area (Å²) in [5.41, 5.74) is 7.26. The molecule has 2 bridgehead atoms. The SMILES string of the molecule is C[C@@H](CC1(CC#N)CC1)c1ncc(-c2ccc3c(c2)oc2cc(-c4ccc5nc([C@@H]6[C@H]7CC[C@H](C7)N6C(=O)OC(C)(C)C)[nH]c5c4)ccc23)[nH]1. The maximum Gasteiger partial charge on any atom is 0.411 e. The third-order valence-corrected chi connectivity index (χ3v) is 11.3. The van der Waals surface area contributed by atoms with Crippen LogP contribution >= 0.6 is 0 Å². The number of likely N-dealkylation sites (tertiary alicyclic amines) is 1. The summed E-state index contributed by atoms with van der Waals surface area (Å²) in [6.45, 7) is 7.94. The molecular weight excluding hydrogens is 624 g/mol. The van der Waals surface area contributed by atoms with Crippen molar-refractivity contribution in [2.75, 3.05) is 0 Å². The molecule has 3 aromatic heterocycles. The zero-order valence-electron chi connectivity index (χ0n) is 29.0. The summed E-state index contributed by atoms with van der Waals surface area (Å²) in [4.78, 5) is 32.0. The lowest BCUT2D eigenvalue weighted by Crippen LogP contribution is -2.43. The molecule has 0 spiro atoms. The van der Waals surface area contributed by atoms with Gasteiger partial charge >= 0.3 is 6.09 Å². The first-order valence-electron chi connectivity index (χ1n) is 18.0. The molecule has 9 nitrogen and oxygen atoms in total. The van der Waals surface area contributed by atoms with Crippen molar-refractivity contribution in [3.8, 4) is 28.5 Å². The van der Waals surface area contributed by atoms with E-state index >= 15 is 0 Å². The van der Waals surface area contributed by atoms with Crippen LogP contribution in [0.5, 0.6) is 0 Å². The average Bonchev–Trinajstić information content (AvgIpc) is 3.68. The molecule has 9 heteroatoms. The number of nitrogens with zero attached hydrogens (tertiary/aromatic N) is 4. The van der Waals surface area contributed by atoms with E-state index in [0.717, 1.165) is 106 Å². The van der Waals surface area contributed by atoms with Gasteiger partial charge in [-0.1, -0.05) is 25.1 Å². The van der Waals surface area contributed by atoms with Crippen LogP contribution in [0.4, 0.5) is 4.79 Å². The number of hydrogen-bond acceptors (Lipinski definition) is 6. The highest BCUT2D eigenvalue weighted by Gasteiger charge is 2.51. The summed E-state index contributed by atoms with van der Waals surface area (Å²) < 4.78 is 12.3. The molecule has 1 aliphatic heterocycles. The quantitative estimate of drug-likeness (QED) is 0.175. The van der Waals surface area contributed by atoms with Gasteiger partial charge in [0.25, 0.3) is 0 Å². The number of rotatable bonds is 7. The monoisotopic (exact) mass is 666 g/mol. The molecule has 2 aliphatic carbocycles. The fourth-order valence-electron chi connectivity index (χ4n) is 8.67. The number of carbonyl (C=O) groups excluding carboxylic acids is 1. The second-order valence-corrected chi connectivity index (χ2v) is 16.1. The Labute approximate surface area is 291 Å². The third kappa shape index (κ3) is 5.33. The highest BCUT2D eigenvalue weighted by molar-refractivity contribution is 6.07. The molecule has 50 heavy (non-hydrogen) atoms. The predicted molar refractivity (Wildman–Crippen MR) is 193 cm³/mol. The summed E-state index contributed by atoms with van der Waals surface area (Å²) in [6.07, 6.45) is 8.66. The number of furan rings is 1. The zero-order chi connectivity index (χ0) is 34.4. The number of benzene rings is 3. The molecule has 2 N–H and O–H groups in total. The van der Waals surface area contributed by atoms with E-state index in [1.165, 1.54) is 0 Å². The van der Waals surface area contributed by atoms with Gasteiger partial charge in [-0.05, 0) is 118 Å². The number of ether oxygens (including phenoxy) is 1. The van der Waals surface area contributed by atoms with Gasteiger partial charge in [0.05, 0.1) is 35.0 Å². The van der Waals surface area contributed by atoms with Gasteiger partial charge in [0.15, 0.2) is 0 Å². The van der Waals surface area contributed by atoms with E-state index < -0.39 is 5.60 Å². The van der Waals surface area contributed by atoms with E-state index in [-0.39, 0.29) is 29.5 Å². The molecule has 2 saturated carbocycles. The van der Waals surface area contributed by atoms with Crippen LogP contribution in [0.2, 0.25) is 0 Å². The first-order chi connectivity index (χ1) is 24.1. The summed E-state index contributed by atoms with van der Waals surface area (Å²) in [7, 11) is 0. The fraction of sp³-hybridized carbons (Fsp3) is 0.415. The minimum atomic E-state index is -0.544. The van der Waals surface area contributed by atoms with Crippen molar-refractivity contribution in [1.82, 2.24) is 24.8 Å². The van der Waals surface area contributed by atoms with Crippen LogP contribution in [0, 0.1) is 22.7 Å². The standard InChI is InChI=1S/C41H42N6O3/c1-23(21-41(13-14-41)15-16-42)37-43-22-33(46-37)26-7-11-30-29-10-6-25(19-34(29)49-35(30)20-26)24-8-12-31-32(18-24)45-38(44-31)36-27-5-9-28(17-27)47(36)39(48)50-40(2,3)4/h6-8,10-12,18-20,22-23,27-28,36H,5,9,13-15,17,21H2,1-4H3,(H,43,46)(H,44,45)/t23-,27-,28+,36-/m0/s1. The van der Waals surface area contributed by atoms with Crippen LogP contribution in [-0.2, 0) is 4.74 Å². The summed E-state index contributed by atoms with van der Waals surface area (Å²) >= 11 is 0. The van der Waals surface area contributed by atoms with Crippen molar-refractivity contribution < 1.29 is 13.9 Å². The number of piperidine rings is 1. The number of amides is 1. The van der Waals surface area contributed by atoms with Gasteiger partial charge in [-0.2, -0.15) is 5.26 Å². The maximum absolute atomic E-state index is 13.3. The summed E-state index contributed by atoms with van der Waals surface area (Å²) in [5.74, 6) is 2.46. The number of carbonyl (C=O) groups is 1. The molecule has 9 rings (SSSR count). The van der Waals surface area contributed by atoms with Crippen LogP contribution in [0.3, 0.4) is 0 Å². The Morgan fingerprint density at radius 2 is 1.76 bits per heavy atom. The molecule has 254 valence electrons. The Bertz CT molecular complexity index is 2330. The fourth-order valence-corrected chi connectivity index (χ4v) is 8.67. The van der Waals surface area contributed by atoms with Crippen molar-refractivity contribution in [2.24, 2.45) is 11.3 Å². The van der Waals surface area contributed by atoms with Crippen LogP contribution in [-0.4, -0.2) is 42.6 Å². The van der Waals surface area contributed by atoms with E-state index in [4.69, 9.17) is 19.1 Å². The summed E-state index contributed by atoms with van der Waals surface area (Å²) in [5, 5.41) is 11.4. The largest absolute Gasteiger partial charge is 0.456 e. The van der Waals surface area contributed by atoms with E-state index in [9.17, 15) is 10.1 Å². The normalized spacial score (nSPS) is 21.7. The number of nitrogens with one attached hydrogen (secondary N) is 2. The maximum atomic E-state index is 13.3. The van der Waals surface area contributed by atoms with Crippen molar-refractivity contribution in [3.05, 3.63) is 72.4 Å². The van der Waals surface area contributed by atoms with Crippen LogP contribution in [0.15, 0.2) is 65.2 Å². The number of nitriles is 1. The van der Waals surface area contributed by atoms with Gasteiger partial charge < -0.3 is 19.1 Å². The minimum Gasteiger partial charge on any atom is -0.456 e. The molecule has 0 radical (unpaired) electrons. The second kappa shape index (κ2) is 11.2. The molecule has 6 aromatic rings. The lowest BCUT2D eigenvalue weighted by atomic mass is 9.90. The third-order valence-electron chi connectivity index (χ3n) is 11.3. The van der Waals surface area contributed by atoms with Crippen LogP contribution in [0.25, 0.3) is 55.4 Å². The number of fused-ring (bicyclic) bond motifs is 6. The number of imidazole rings is 2. The molecule has 1 amide bonds. The molecule has 1 saturated heterocycles. The molecule has 0 unspecified atom stereocenters. The number of hydrogen-bond donors (Lipinski definition) is 2. The van der Waals surface area contributed by atoms with Crippen molar-refractivity contribution in [3.63, 3.8) is 0 Å². The van der Waals surface area contributed by atoms with E-state index in [1.807, 2.05) is 31.9 Å².